The molecule has 19 heavy (non-hydrogen) atoms. The number of alkyl halides is 2. The highest BCUT2D eigenvalue weighted by Crippen LogP contribution is 2.36. The van der Waals surface area contributed by atoms with Gasteiger partial charge in [-0.3, -0.25) is 4.90 Å². The van der Waals surface area contributed by atoms with Crippen molar-refractivity contribution in [2.75, 3.05) is 26.2 Å². The van der Waals surface area contributed by atoms with E-state index in [1.165, 1.54) is 4.90 Å². The number of nitrogens with zero attached hydrogens (tertiary/aromatic N) is 1. The number of halogens is 4. The highest BCUT2D eigenvalue weighted by molar-refractivity contribution is 5.38. The Morgan fingerprint density at radius 2 is 1.68 bits per heavy atom. The summed E-state index contributed by atoms with van der Waals surface area (Å²) in [6.45, 7) is 1.54. The van der Waals surface area contributed by atoms with Gasteiger partial charge >= 0.3 is 0 Å². The van der Waals surface area contributed by atoms with Crippen LogP contribution in [-0.4, -0.2) is 42.6 Å². The summed E-state index contributed by atoms with van der Waals surface area (Å²) in [5, 5.41) is 12.5. The number of piperazine rings is 1. The third-order valence-electron chi connectivity index (χ3n) is 3.19. The van der Waals surface area contributed by atoms with E-state index in [1.807, 2.05) is 0 Å². The van der Waals surface area contributed by atoms with Gasteiger partial charge in [-0.05, 0) is 12.1 Å². The Bertz CT molecular complexity index is 450. The second kappa shape index (κ2) is 5.75. The van der Waals surface area contributed by atoms with Crippen molar-refractivity contribution in [3.8, 4) is 5.75 Å². The average molecular weight is 278 g/mol. The van der Waals surface area contributed by atoms with Crippen LogP contribution in [0.15, 0.2) is 12.1 Å². The largest absolute Gasteiger partial charge is 0.505 e. The van der Waals surface area contributed by atoms with E-state index in [9.17, 15) is 22.7 Å². The molecule has 1 heterocycles. The molecule has 0 saturated carbocycles. The number of aromatic hydroxyl groups is 1. The summed E-state index contributed by atoms with van der Waals surface area (Å²) in [6.07, 6.45) is -2.92. The van der Waals surface area contributed by atoms with Crippen LogP contribution in [0.2, 0.25) is 0 Å². The number of hydrogen-bond acceptors (Lipinski definition) is 3. The lowest BCUT2D eigenvalue weighted by molar-refractivity contribution is 0.0149. The van der Waals surface area contributed by atoms with Gasteiger partial charge in [0.1, 0.15) is 11.9 Å². The number of rotatable bonds is 3. The van der Waals surface area contributed by atoms with Gasteiger partial charge < -0.3 is 10.4 Å². The molecule has 1 aliphatic rings. The molecular formula is C12H14F4N2O. The molecule has 0 amide bonds. The fourth-order valence-corrected chi connectivity index (χ4v) is 2.27. The van der Waals surface area contributed by atoms with Crippen molar-refractivity contribution < 1.29 is 22.7 Å². The Hall–Kier alpha value is -1.34. The maximum Gasteiger partial charge on any atom is 0.258 e. The van der Waals surface area contributed by atoms with E-state index >= 15 is 0 Å². The quantitative estimate of drug-likeness (QED) is 0.829. The normalized spacial score (nSPS) is 18.8. The van der Waals surface area contributed by atoms with Crippen molar-refractivity contribution in [1.29, 1.82) is 0 Å². The number of hydrogen-bond donors (Lipinski definition) is 2. The SMILES string of the molecule is Oc1c(F)ccc(F)c1[C@H](C(F)F)N1CCNCC1. The van der Waals surface area contributed by atoms with Gasteiger partial charge in [-0.2, -0.15) is 0 Å². The first-order valence-electron chi connectivity index (χ1n) is 5.92. The van der Waals surface area contributed by atoms with E-state index < -0.39 is 35.4 Å². The lowest BCUT2D eigenvalue weighted by Gasteiger charge is -2.35. The van der Waals surface area contributed by atoms with Gasteiger partial charge in [0, 0.05) is 26.2 Å². The summed E-state index contributed by atoms with van der Waals surface area (Å²) in [6, 6.07) is -0.172. The van der Waals surface area contributed by atoms with Crippen LogP contribution in [0, 0.1) is 11.6 Å². The van der Waals surface area contributed by atoms with Crippen LogP contribution in [0.5, 0.6) is 5.75 Å². The Morgan fingerprint density at radius 1 is 1.11 bits per heavy atom. The molecule has 0 aliphatic carbocycles. The molecule has 1 fully saturated rings. The van der Waals surface area contributed by atoms with E-state index in [2.05, 4.69) is 5.32 Å². The third kappa shape index (κ3) is 2.82. The van der Waals surface area contributed by atoms with Crippen molar-refractivity contribution in [1.82, 2.24) is 10.2 Å². The Balaban J connectivity index is 2.41. The summed E-state index contributed by atoms with van der Waals surface area (Å²) in [5.74, 6) is -3.16. The van der Waals surface area contributed by atoms with Crippen molar-refractivity contribution in [3.05, 3.63) is 29.3 Å². The Morgan fingerprint density at radius 3 is 2.26 bits per heavy atom. The number of nitrogens with one attached hydrogen (secondary N) is 1. The minimum atomic E-state index is -2.92. The predicted molar refractivity (Wildman–Crippen MR) is 61.2 cm³/mol. The first kappa shape index (κ1) is 14.1. The van der Waals surface area contributed by atoms with E-state index in [4.69, 9.17) is 0 Å². The first-order chi connectivity index (χ1) is 9.02. The lowest BCUT2D eigenvalue weighted by atomic mass is 10.0. The third-order valence-corrected chi connectivity index (χ3v) is 3.19. The standard InChI is InChI=1S/C12H14F4N2O/c13-7-1-2-8(14)11(19)9(7)10(12(15)16)18-5-3-17-4-6-18/h1-2,10,12,17,19H,3-6H2/t10-/m1/s1. The van der Waals surface area contributed by atoms with Crippen LogP contribution >= 0.6 is 0 Å². The summed E-state index contributed by atoms with van der Waals surface area (Å²) >= 11 is 0. The lowest BCUT2D eigenvalue weighted by Crippen LogP contribution is -2.47. The van der Waals surface area contributed by atoms with Gasteiger partial charge in [-0.15, -0.1) is 0 Å². The topological polar surface area (TPSA) is 35.5 Å². The van der Waals surface area contributed by atoms with Crippen LogP contribution in [0.25, 0.3) is 0 Å². The number of benzene rings is 1. The number of phenolic OH excluding ortho intramolecular Hbond substituents is 1. The molecular weight excluding hydrogens is 264 g/mol. The highest BCUT2D eigenvalue weighted by atomic mass is 19.3. The zero-order valence-corrected chi connectivity index (χ0v) is 10.0. The zero-order valence-electron chi connectivity index (χ0n) is 10.0. The fraction of sp³-hybridized carbons (Fsp3) is 0.500. The van der Waals surface area contributed by atoms with Crippen molar-refractivity contribution in [3.63, 3.8) is 0 Å². The molecule has 3 nitrogen and oxygen atoms in total. The summed E-state index contributed by atoms with van der Waals surface area (Å²) < 4.78 is 53.3. The first-order valence-corrected chi connectivity index (χ1v) is 5.92. The van der Waals surface area contributed by atoms with Crippen molar-refractivity contribution >= 4 is 0 Å². The second-order valence-electron chi connectivity index (χ2n) is 4.36. The summed E-state index contributed by atoms with van der Waals surface area (Å²) in [4.78, 5) is 1.35. The number of phenols is 1. The van der Waals surface area contributed by atoms with Crippen LogP contribution in [0.3, 0.4) is 0 Å². The molecule has 1 atom stereocenters. The molecule has 0 unspecified atom stereocenters. The molecule has 2 rings (SSSR count). The molecule has 1 aromatic rings. The molecule has 1 aromatic carbocycles. The van der Waals surface area contributed by atoms with Gasteiger partial charge in [0.05, 0.1) is 5.56 Å². The van der Waals surface area contributed by atoms with Crippen LogP contribution < -0.4 is 5.32 Å². The average Bonchev–Trinajstić information content (AvgIpc) is 2.39. The molecule has 0 radical (unpaired) electrons. The van der Waals surface area contributed by atoms with Gasteiger partial charge in [0.2, 0.25) is 0 Å². The van der Waals surface area contributed by atoms with Gasteiger partial charge in [-0.1, -0.05) is 0 Å². The molecule has 0 aromatic heterocycles. The highest BCUT2D eigenvalue weighted by Gasteiger charge is 2.35. The Kier molecular flexibility index (Phi) is 4.26. The van der Waals surface area contributed by atoms with Crippen LogP contribution in [-0.2, 0) is 0 Å². The Labute approximate surface area is 107 Å². The molecule has 1 aliphatic heterocycles. The zero-order chi connectivity index (χ0) is 14.0. The molecule has 106 valence electrons. The van der Waals surface area contributed by atoms with Crippen molar-refractivity contribution in [2.45, 2.75) is 12.5 Å². The molecule has 7 heteroatoms. The second-order valence-corrected chi connectivity index (χ2v) is 4.36. The van der Waals surface area contributed by atoms with E-state index in [1.54, 1.807) is 0 Å². The van der Waals surface area contributed by atoms with Crippen LogP contribution in [0.4, 0.5) is 17.6 Å². The minimum Gasteiger partial charge on any atom is -0.505 e. The van der Waals surface area contributed by atoms with Gasteiger partial charge in [-0.25, -0.2) is 17.6 Å². The van der Waals surface area contributed by atoms with Gasteiger partial charge in [0.15, 0.2) is 11.6 Å². The molecule has 1 saturated heterocycles. The van der Waals surface area contributed by atoms with E-state index in [0.717, 1.165) is 6.07 Å². The maximum atomic E-state index is 13.7. The minimum absolute atomic E-state index is 0.282. The van der Waals surface area contributed by atoms with Crippen molar-refractivity contribution in [2.24, 2.45) is 0 Å². The maximum absolute atomic E-state index is 13.7. The van der Waals surface area contributed by atoms with Gasteiger partial charge in [0.25, 0.3) is 6.43 Å². The van der Waals surface area contributed by atoms with E-state index in [0.29, 0.717) is 19.2 Å². The summed E-state index contributed by atoms with van der Waals surface area (Å²) in [5.41, 5.74) is -0.670. The fourth-order valence-electron chi connectivity index (χ4n) is 2.27. The monoisotopic (exact) mass is 278 g/mol. The predicted octanol–water partition coefficient (Wildman–Crippen LogP) is 1.88. The smallest absolute Gasteiger partial charge is 0.258 e. The van der Waals surface area contributed by atoms with Crippen LogP contribution in [0.1, 0.15) is 11.6 Å². The molecule has 0 spiro atoms. The summed E-state index contributed by atoms with van der Waals surface area (Å²) in [7, 11) is 0. The molecule has 2 N–H and O–H groups in total. The molecule has 0 bridgehead atoms. The van der Waals surface area contributed by atoms with E-state index in [-0.39, 0.29) is 13.1 Å².